The van der Waals surface area contributed by atoms with Gasteiger partial charge < -0.3 is 14.6 Å². The Kier molecular flexibility index (Phi) is 3.40. The first-order chi connectivity index (χ1) is 9.29. The molecule has 19 heavy (non-hydrogen) atoms. The molecule has 0 atom stereocenters. The van der Waals surface area contributed by atoms with Crippen LogP contribution in [0, 0.1) is 0 Å². The standard InChI is InChI=1S/C14H20N4O/c1-17-11-4-3-5-12(19-2)14(11)16-13(17)10-18-8-6-15-7-9-18/h3-5,15H,6-10H2,1-2H3. The molecule has 3 rings (SSSR count). The first-order valence-electron chi connectivity index (χ1n) is 6.71. The predicted molar refractivity (Wildman–Crippen MR) is 75.4 cm³/mol. The van der Waals surface area contributed by atoms with Crippen molar-refractivity contribution < 1.29 is 4.74 Å². The Morgan fingerprint density at radius 1 is 1.32 bits per heavy atom. The van der Waals surface area contributed by atoms with Crippen LogP contribution >= 0.6 is 0 Å². The van der Waals surface area contributed by atoms with Gasteiger partial charge in [0.1, 0.15) is 17.1 Å². The number of piperazine rings is 1. The van der Waals surface area contributed by atoms with Crippen LogP contribution in [0.1, 0.15) is 5.82 Å². The molecule has 2 aromatic rings. The second-order valence-corrected chi connectivity index (χ2v) is 4.94. The van der Waals surface area contributed by atoms with Gasteiger partial charge in [0.25, 0.3) is 0 Å². The van der Waals surface area contributed by atoms with Crippen LogP contribution < -0.4 is 10.1 Å². The van der Waals surface area contributed by atoms with Crippen LogP contribution in [-0.4, -0.2) is 47.7 Å². The minimum absolute atomic E-state index is 0.847. The van der Waals surface area contributed by atoms with Crippen molar-refractivity contribution in [2.45, 2.75) is 6.54 Å². The Balaban J connectivity index is 1.93. The number of aryl methyl sites for hydroxylation is 1. The lowest BCUT2D eigenvalue weighted by Crippen LogP contribution is -2.43. The summed E-state index contributed by atoms with van der Waals surface area (Å²) < 4.78 is 7.55. The Morgan fingerprint density at radius 3 is 2.84 bits per heavy atom. The van der Waals surface area contributed by atoms with Crippen molar-refractivity contribution in [2.75, 3.05) is 33.3 Å². The molecule has 0 amide bonds. The van der Waals surface area contributed by atoms with Gasteiger partial charge in [-0.05, 0) is 12.1 Å². The van der Waals surface area contributed by atoms with Crippen LogP contribution in [0.25, 0.3) is 11.0 Å². The van der Waals surface area contributed by atoms with Crippen LogP contribution in [0.2, 0.25) is 0 Å². The number of nitrogens with one attached hydrogen (secondary N) is 1. The maximum Gasteiger partial charge on any atom is 0.146 e. The molecule has 0 bridgehead atoms. The first-order valence-corrected chi connectivity index (χ1v) is 6.71. The van der Waals surface area contributed by atoms with E-state index in [9.17, 15) is 0 Å². The predicted octanol–water partition coefficient (Wildman–Crippen LogP) is 0.987. The second-order valence-electron chi connectivity index (χ2n) is 4.94. The molecule has 0 unspecified atom stereocenters. The van der Waals surface area contributed by atoms with Gasteiger partial charge in [-0.3, -0.25) is 4.90 Å². The normalized spacial score (nSPS) is 16.9. The zero-order valence-electron chi connectivity index (χ0n) is 11.5. The van der Waals surface area contributed by atoms with Gasteiger partial charge in [-0.1, -0.05) is 6.07 Å². The van der Waals surface area contributed by atoms with Gasteiger partial charge in [0, 0.05) is 33.2 Å². The van der Waals surface area contributed by atoms with Crippen LogP contribution in [0.4, 0.5) is 0 Å². The number of methoxy groups -OCH3 is 1. The van der Waals surface area contributed by atoms with E-state index in [-0.39, 0.29) is 0 Å². The van der Waals surface area contributed by atoms with E-state index in [1.54, 1.807) is 7.11 Å². The van der Waals surface area contributed by atoms with Gasteiger partial charge in [0.15, 0.2) is 0 Å². The molecule has 1 aliphatic rings. The molecular formula is C14H20N4O. The van der Waals surface area contributed by atoms with Crippen LogP contribution in [-0.2, 0) is 13.6 Å². The number of benzene rings is 1. The summed E-state index contributed by atoms with van der Waals surface area (Å²) in [5.41, 5.74) is 2.09. The average Bonchev–Trinajstić information content (AvgIpc) is 2.77. The molecule has 1 aliphatic heterocycles. The minimum atomic E-state index is 0.847. The number of rotatable bonds is 3. The highest BCUT2D eigenvalue weighted by atomic mass is 16.5. The van der Waals surface area contributed by atoms with E-state index in [4.69, 9.17) is 9.72 Å². The number of para-hydroxylation sites is 1. The molecule has 1 aromatic heterocycles. The lowest BCUT2D eigenvalue weighted by atomic mass is 10.3. The minimum Gasteiger partial charge on any atom is -0.494 e. The average molecular weight is 260 g/mol. The summed E-state index contributed by atoms with van der Waals surface area (Å²) in [4.78, 5) is 7.19. The van der Waals surface area contributed by atoms with Crippen molar-refractivity contribution in [1.82, 2.24) is 19.8 Å². The molecule has 0 saturated carbocycles. The molecule has 5 heteroatoms. The maximum atomic E-state index is 5.39. The summed E-state index contributed by atoms with van der Waals surface area (Å²) in [6, 6.07) is 6.06. The van der Waals surface area contributed by atoms with Crippen molar-refractivity contribution in [1.29, 1.82) is 0 Å². The number of aromatic nitrogens is 2. The number of nitrogens with zero attached hydrogens (tertiary/aromatic N) is 3. The molecule has 102 valence electrons. The Labute approximate surface area is 113 Å². The second kappa shape index (κ2) is 5.19. The topological polar surface area (TPSA) is 42.3 Å². The van der Waals surface area contributed by atoms with Gasteiger partial charge in [-0.25, -0.2) is 4.98 Å². The molecule has 5 nitrogen and oxygen atoms in total. The summed E-state index contributed by atoms with van der Waals surface area (Å²) in [6.45, 7) is 5.19. The number of hydrogen-bond acceptors (Lipinski definition) is 4. The van der Waals surface area contributed by atoms with E-state index < -0.39 is 0 Å². The third kappa shape index (κ3) is 2.31. The van der Waals surface area contributed by atoms with Gasteiger partial charge in [-0.15, -0.1) is 0 Å². The molecule has 2 heterocycles. The van der Waals surface area contributed by atoms with Crippen molar-refractivity contribution in [3.8, 4) is 5.75 Å². The third-order valence-corrected chi connectivity index (χ3v) is 3.76. The van der Waals surface area contributed by atoms with E-state index in [1.165, 1.54) is 0 Å². The Bertz CT molecular complexity index is 572. The van der Waals surface area contributed by atoms with E-state index in [0.29, 0.717) is 0 Å². The van der Waals surface area contributed by atoms with Crippen molar-refractivity contribution >= 4 is 11.0 Å². The van der Waals surface area contributed by atoms with E-state index >= 15 is 0 Å². The Morgan fingerprint density at radius 2 is 2.11 bits per heavy atom. The van der Waals surface area contributed by atoms with Crippen LogP contribution in [0.15, 0.2) is 18.2 Å². The monoisotopic (exact) mass is 260 g/mol. The fourth-order valence-corrected chi connectivity index (χ4v) is 2.61. The highest BCUT2D eigenvalue weighted by molar-refractivity contribution is 5.82. The summed E-state index contributed by atoms with van der Waals surface area (Å²) in [5, 5.41) is 3.37. The molecule has 0 spiro atoms. The van der Waals surface area contributed by atoms with E-state index in [0.717, 1.165) is 55.3 Å². The molecule has 1 fully saturated rings. The zero-order chi connectivity index (χ0) is 13.2. The summed E-state index contributed by atoms with van der Waals surface area (Å²) in [5.74, 6) is 1.95. The molecule has 0 radical (unpaired) electrons. The van der Waals surface area contributed by atoms with Crippen LogP contribution in [0.5, 0.6) is 5.75 Å². The number of imidazole rings is 1. The van der Waals surface area contributed by atoms with Gasteiger partial charge in [-0.2, -0.15) is 0 Å². The summed E-state index contributed by atoms with van der Waals surface area (Å²) in [7, 11) is 3.77. The molecular weight excluding hydrogens is 240 g/mol. The SMILES string of the molecule is COc1cccc2c1nc(CN1CCNCC1)n2C. The molecule has 1 aromatic carbocycles. The van der Waals surface area contributed by atoms with E-state index in [2.05, 4.69) is 27.9 Å². The number of ether oxygens (including phenoxy) is 1. The van der Waals surface area contributed by atoms with Crippen molar-refractivity contribution in [3.05, 3.63) is 24.0 Å². The largest absolute Gasteiger partial charge is 0.494 e. The first kappa shape index (κ1) is 12.4. The van der Waals surface area contributed by atoms with E-state index in [1.807, 2.05) is 12.1 Å². The lowest BCUT2D eigenvalue weighted by molar-refractivity contribution is 0.226. The van der Waals surface area contributed by atoms with Gasteiger partial charge >= 0.3 is 0 Å². The summed E-state index contributed by atoms with van der Waals surface area (Å²) in [6.07, 6.45) is 0. The van der Waals surface area contributed by atoms with Gasteiger partial charge in [0.2, 0.25) is 0 Å². The van der Waals surface area contributed by atoms with Crippen molar-refractivity contribution in [2.24, 2.45) is 7.05 Å². The fourth-order valence-electron chi connectivity index (χ4n) is 2.61. The number of hydrogen-bond donors (Lipinski definition) is 1. The summed E-state index contributed by atoms with van der Waals surface area (Å²) >= 11 is 0. The van der Waals surface area contributed by atoms with Gasteiger partial charge in [0.05, 0.1) is 19.2 Å². The Hall–Kier alpha value is -1.59. The quantitative estimate of drug-likeness (QED) is 0.893. The third-order valence-electron chi connectivity index (χ3n) is 3.76. The fraction of sp³-hybridized carbons (Fsp3) is 0.500. The highest BCUT2D eigenvalue weighted by Crippen LogP contribution is 2.25. The molecule has 1 N–H and O–H groups in total. The van der Waals surface area contributed by atoms with Crippen molar-refractivity contribution in [3.63, 3.8) is 0 Å². The lowest BCUT2D eigenvalue weighted by Gasteiger charge is -2.26. The maximum absolute atomic E-state index is 5.39. The smallest absolute Gasteiger partial charge is 0.146 e. The van der Waals surface area contributed by atoms with Crippen LogP contribution in [0.3, 0.4) is 0 Å². The highest BCUT2D eigenvalue weighted by Gasteiger charge is 2.16. The molecule has 1 saturated heterocycles. The zero-order valence-corrected chi connectivity index (χ0v) is 11.5. The molecule has 0 aliphatic carbocycles. The number of fused-ring (bicyclic) bond motifs is 1.